The lowest BCUT2D eigenvalue weighted by molar-refractivity contribution is -0.908. The molecule has 0 amide bonds. The van der Waals surface area contributed by atoms with E-state index in [1.54, 1.807) is 12.1 Å². The summed E-state index contributed by atoms with van der Waals surface area (Å²) in [5.41, 5.74) is 4.88. The van der Waals surface area contributed by atoms with Crippen molar-refractivity contribution in [1.29, 1.82) is 0 Å². The zero-order chi connectivity index (χ0) is 23.5. The number of quaternary nitrogens is 1. The van der Waals surface area contributed by atoms with Crippen LogP contribution >= 0.6 is 0 Å². The molecule has 33 heavy (non-hydrogen) atoms. The molecule has 172 valence electrons. The Bertz CT molecular complexity index is 1140. The van der Waals surface area contributed by atoms with E-state index in [9.17, 15) is 9.90 Å². The third-order valence-corrected chi connectivity index (χ3v) is 6.73. The number of nitrogens with one attached hydrogen (secondary N) is 1. The molecule has 2 N–H and O–H groups in total. The van der Waals surface area contributed by atoms with E-state index in [1.807, 2.05) is 12.1 Å². The molecule has 4 rings (SSSR count). The molecule has 1 atom stereocenters. The van der Waals surface area contributed by atoms with Crippen LogP contribution in [0.25, 0.3) is 5.57 Å². The number of hydrogen-bond acceptors (Lipinski definition) is 3. The Morgan fingerprint density at radius 1 is 1.03 bits per heavy atom. The van der Waals surface area contributed by atoms with Crippen LogP contribution in [0.5, 0.6) is 5.75 Å². The summed E-state index contributed by atoms with van der Waals surface area (Å²) in [5, 5.41) is 9.90. The number of benzene rings is 2. The summed E-state index contributed by atoms with van der Waals surface area (Å²) < 4.78 is 6.50. The molecule has 0 bridgehead atoms. The highest BCUT2D eigenvalue weighted by Gasteiger charge is 2.31. The summed E-state index contributed by atoms with van der Waals surface area (Å²) in [7, 11) is 0. The maximum Gasteiger partial charge on any atom is 0.336 e. The highest BCUT2D eigenvalue weighted by atomic mass is 16.5. The van der Waals surface area contributed by atoms with Crippen LogP contribution in [0.2, 0.25) is 0 Å². The third-order valence-electron chi connectivity index (χ3n) is 6.73. The van der Waals surface area contributed by atoms with Crippen LogP contribution in [0.1, 0.15) is 49.2 Å². The van der Waals surface area contributed by atoms with Crippen molar-refractivity contribution < 1.29 is 19.5 Å². The van der Waals surface area contributed by atoms with E-state index in [1.165, 1.54) is 4.90 Å². The van der Waals surface area contributed by atoms with Gasteiger partial charge in [0, 0.05) is 47.6 Å². The van der Waals surface area contributed by atoms with Gasteiger partial charge in [-0.1, -0.05) is 18.2 Å². The summed E-state index contributed by atoms with van der Waals surface area (Å²) >= 11 is 0. The van der Waals surface area contributed by atoms with Gasteiger partial charge in [0.1, 0.15) is 17.6 Å². The first kappa shape index (κ1) is 22.9. The van der Waals surface area contributed by atoms with Gasteiger partial charge >= 0.3 is 5.97 Å². The van der Waals surface area contributed by atoms with Gasteiger partial charge in [-0.05, 0) is 63.6 Å². The van der Waals surface area contributed by atoms with Crippen LogP contribution in [-0.2, 0) is 0 Å². The van der Waals surface area contributed by atoms with E-state index in [0.29, 0.717) is 11.1 Å². The third kappa shape index (κ3) is 4.21. The first-order valence-corrected chi connectivity index (χ1v) is 11.9. The minimum absolute atomic E-state index is 0.224. The van der Waals surface area contributed by atoms with Gasteiger partial charge in [-0.25, -0.2) is 4.79 Å². The molecule has 0 saturated heterocycles. The first-order valence-electron chi connectivity index (χ1n) is 11.9. The number of nitrogens with zero attached hydrogens (tertiary/aromatic N) is 1. The quantitative estimate of drug-likeness (QED) is 0.640. The Kier molecular flexibility index (Phi) is 6.70. The molecule has 2 aliphatic rings. The molecular formula is C28H33N2O3+. The second kappa shape index (κ2) is 9.67. The van der Waals surface area contributed by atoms with Crippen molar-refractivity contribution in [2.75, 3.05) is 31.1 Å². The van der Waals surface area contributed by atoms with Crippen LogP contribution < -0.4 is 14.5 Å². The normalized spacial score (nSPS) is 16.8. The number of fused-ring (bicyclic) bond motifs is 2. The summed E-state index contributed by atoms with van der Waals surface area (Å²) in [5.74, 6) is 0.650. The molecule has 0 spiro atoms. The number of hydrogen-bond donors (Lipinski definition) is 2. The van der Waals surface area contributed by atoms with Gasteiger partial charge in [-0.2, -0.15) is 0 Å². The van der Waals surface area contributed by atoms with Crippen molar-refractivity contribution in [3.05, 3.63) is 88.7 Å². The number of carboxylic acids is 1. The van der Waals surface area contributed by atoms with Crippen LogP contribution in [0.15, 0.2) is 72.0 Å². The van der Waals surface area contributed by atoms with Crippen LogP contribution in [0.3, 0.4) is 0 Å². The Morgan fingerprint density at radius 3 is 2.42 bits per heavy atom. The van der Waals surface area contributed by atoms with Gasteiger partial charge in [-0.15, -0.1) is 0 Å². The second-order valence-electron chi connectivity index (χ2n) is 8.38. The van der Waals surface area contributed by atoms with Gasteiger partial charge in [0.25, 0.3) is 0 Å². The average molecular weight is 446 g/mol. The van der Waals surface area contributed by atoms with E-state index in [4.69, 9.17) is 4.74 Å². The van der Waals surface area contributed by atoms with E-state index < -0.39 is 5.97 Å². The average Bonchev–Trinajstić information content (AvgIpc) is 2.84. The number of carbonyl (C=O) groups is 1. The fourth-order valence-electron chi connectivity index (χ4n) is 4.89. The lowest BCUT2D eigenvalue weighted by Crippen LogP contribution is -3.14. The van der Waals surface area contributed by atoms with Crippen molar-refractivity contribution in [3.8, 4) is 5.75 Å². The number of anilines is 1. The van der Waals surface area contributed by atoms with Gasteiger partial charge in [0.2, 0.25) is 0 Å². The number of aromatic carboxylic acids is 1. The van der Waals surface area contributed by atoms with Gasteiger partial charge in [0.15, 0.2) is 0 Å². The highest BCUT2D eigenvalue weighted by molar-refractivity contribution is 6.00. The minimum atomic E-state index is -0.928. The van der Waals surface area contributed by atoms with E-state index in [-0.39, 0.29) is 6.04 Å². The summed E-state index contributed by atoms with van der Waals surface area (Å²) in [6.45, 7) is 12.5. The topological polar surface area (TPSA) is 54.2 Å². The molecule has 0 fully saturated rings. The van der Waals surface area contributed by atoms with Gasteiger partial charge in [-0.3, -0.25) is 0 Å². The van der Waals surface area contributed by atoms with Crippen molar-refractivity contribution in [3.63, 3.8) is 0 Å². The number of ether oxygens (including phenoxy) is 1. The molecule has 2 aromatic rings. The fraction of sp³-hybridized carbons (Fsp3) is 0.321. The predicted molar refractivity (Wildman–Crippen MR) is 133 cm³/mol. The Labute approximate surface area is 196 Å². The van der Waals surface area contributed by atoms with E-state index in [2.05, 4.69) is 69.0 Å². The second-order valence-corrected chi connectivity index (χ2v) is 8.38. The van der Waals surface area contributed by atoms with Crippen molar-refractivity contribution >= 4 is 17.2 Å². The van der Waals surface area contributed by atoms with Gasteiger partial charge in [0.05, 0.1) is 18.7 Å². The molecule has 1 aliphatic carbocycles. The Hall–Kier alpha value is -3.31. The predicted octanol–water partition coefficient (Wildman–Crippen LogP) is 4.17. The SMILES string of the molecule is CCN(CC)c1ccc2c(c1)OC1=CC([NH+](CC)CC)C=CC1=C2c1ccccc1C(=O)O. The van der Waals surface area contributed by atoms with E-state index in [0.717, 1.165) is 60.1 Å². The first-order chi connectivity index (χ1) is 16.0. The van der Waals surface area contributed by atoms with Crippen molar-refractivity contribution in [2.24, 2.45) is 0 Å². The molecule has 0 saturated carbocycles. The molecule has 0 radical (unpaired) electrons. The summed E-state index contributed by atoms with van der Waals surface area (Å²) in [6.07, 6.45) is 6.51. The molecule has 1 heterocycles. The molecule has 1 unspecified atom stereocenters. The van der Waals surface area contributed by atoms with Crippen molar-refractivity contribution in [1.82, 2.24) is 0 Å². The fourth-order valence-corrected chi connectivity index (χ4v) is 4.89. The Balaban J connectivity index is 1.94. The monoisotopic (exact) mass is 445 g/mol. The maximum atomic E-state index is 12.1. The minimum Gasteiger partial charge on any atom is -0.478 e. The zero-order valence-corrected chi connectivity index (χ0v) is 19.9. The Morgan fingerprint density at radius 2 is 1.76 bits per heavy atom. The standard InChI is InChI=1S/C28H32N2O3/c1-5-29(6-2)19-13-15-23-25(17-19)33-26-18-20(30(7-3)8-4)14-16-24(26)27(23)21-11-9-10-12-22(21)28(31)32/h9-19H,5-8H2,1-4H3,(H,31,32)/p+1. The molecule has 0 aromatic heterocycles. The van der Waals surface area contributed by atoms with Crippen LogP contribution in [0, 0.1) is 0 Å². The molecule has 5 heteroatoms. The summed E-state index contributed by atoms with van der Waals surface area (Å²) in [6, 6.07) is 13.7. The lowest BCUT2D eigenvalue weighted by Gasteiger charge is -2.31. The smallest absolute Gasteiger partial charge is 0.336 e. The summed E-state index contributed by atoms with van der Waals surface area (Å²) in [4.78, 5) is 15.8. The number of carboxylic acid groups (broad SMARTS) is 1. The molecule has 1 aliphatic heterocycles. The lowest BCUT2D eigenvalue weighted by atomic mass is 9.85. The largest absolute Gasteiger partial charge is 0.478 e. The molecule has 2 aromatic carbocycles. The maximum absolute atomic E-state index is 12.1. The van der Waals surface area contributed by atoms with Crippen LogP contribution in [-0.4, -0.2) is 43.3 Å². The van der Waals surface area contributed by atoms with Crippen LogP contribution in [0.4, 0.5) is 5.69 Å². The number of allylic oxidation sites excluding steroid dienone is 1. The zero-order valence-electron chi connectivity index (χ0n) is 19.9. The molecular weight excluding hydrogens is 412 g/mol. The molecule has 5 nitrogen and oxygen atoms in total. The number of rotatable bonds is 8. The number of likely N-dealkylation sites (N-methyl/N-ethyl adjacent to an activating group) is 1. The highest BCUT2D eigenvalue weighted by Crippen LogP contribution is 2.45. The van der Waals surface area contributed by atoms with Gasteiger partial charge < -0.3 is 19.6 Å². The van der Waals surface area contributed by atoms with E-state index >= 15 is 0 Å². The van der Waals surface area contributed by atoms with Crippen molar-refractivity contribution in [2.45, 2.75) is 33.7 Å².